The van der Waals surface area contributed by atoms with Crippen LogP contribution in [0.15, 0.2) is 18.2 Å². The van der Waals surface area contributed by atoms with E-state index in [9.17, 15) is 9.59 Å². The van der Waals surface area contributed by atoms with Gasteiger partial charge in [0, 0.05) is 32.0 Å². The van der Waals surface area contributed by atoms with Crippen LogP contribution in [-0.4, -0.2) is 44.0 Å². The Labute approximate surface area is 143 Å². The molecule has 1 aromatic carbocycles. The van der Waals surface area contributed by atoms with Gasteiger partial charge in [0.15, 0.2) is 11.5 Å². The minimum Gasteiger partial charge on any atom is -0.493 e. The second kappa shape index (κ2) is 8.57. The Hall–Kier alpha value is -2.24. The molecule has 0 aliphatic carbocycles. The van der Waals surface area contributed by atoms with Crippen LogP contribution < -0.4 is 14.8 Å². The molecule has 24 heavy (non-hydrogen) atoms. The van der Waals surface area contributed by atoms with E-state index in [2.05, 4.69) is 5.32 Å². The highest BCUT2D eigenvalue weighted by Crippen LogP contribution is 2.27. The summed E-state index contributed by atoms with van der Waals surface area (Å²) < 4.78 is 10.5. The monoisotopic (exact) mass is 334 g/mol. The molecule has 2 rings (SSSR count). The molecule has 0 atom stereocenters. The number of benzene rings is 1. The van der Waals surface area contributed by atoms with Crippen LogP contribution in [0.4, 0.5) is 0 Å². The van der Waals surface area contributed by atoms with Crippen molar-refractivity contribution in [1.82, 2.24) is 10.2 Å². The predicted octanol–water partition coefficient (Wildman–Crippen LogP) is 1.97. The summed E-state index contributed by atoms with van der Waals surface area (Å²) >= 11 is 0. The van der Waals surface area contributed by atoms with E-state index in [4.69, 9.17) is 9.47 Å². The first-order valence-corrected chi connectivity index (χ1v) is 8.35. The third-order valence-corrected chi connectivity index (χ3v) is 4.44. The Morgan fingerprint density at radius 3 is 2.42 bits per heavy atom. The summed E-state index contributed by atoms with van der Waals surface area (Å²) in [6.07, 6.45) is 1.98. The van der Waals surface area contributed by atoms with Gasteiger partial charge in [0.05, 0.1) is 14.2 Å². The van der Waals surface area contributed by atoms with Gasteiger partial charge in [-0.3, -0.25) is 9.59 Å². The second-order valence-electron chi connectivity index (χ2n) is 5.92. The molecule has 2 amide bonds. The van der Waals surface area contributed by atoms with Crippen LogP contribution in [0.2, 0.25) is 0 Å². The number of ether oxygens (including phenoxy) is 2. The normalized spacial score (nSPS) is 15.0. The molecule has 1 fully saturated rings. The van der Waals surface area contributed by atoms with Gasteiger partial charge in [-0.15, -0.1) is 0 Å². The highest BCUT2D eigenvalue weighted by atomic mass is 16.5. The lowest BCUT2D eigenvalue weighted by Gasteiger charge is -2.31. The molecule has 0 saturated carbocycles. The summed E-state index contributed by atoms with van der Waals surface area (Å²) in [5.41, 5.74) is 0.958. The van der Waals surface area contributed by atoms with Crippen molar-refractivity contribution < 1.29 is 19.1 Å². The first kappa shape index (κ1) is 18.1. The van der Waals surface area contributed by atoms with Crippen LogP contribution in [0.1, 0.15) is 31.7 Å². The molecule has 132 valence electrons. The average molecular weight is 334 g/mol. The molecule has 1 aliphatic rings. The molecule has 1 aliphatic heterocycles. The lowest BCUT2D eigenvalue weighted by molar-refractivity contribution is -0.135. The zero-order valence-electron chi connectivity index (χ0n) is 14.6. The number of amides is 2. The summed E-state index contributed by atoms with van der Waals surface area (Å²) in [6, 6.07) is 5.60. The molecule has 1 N–H and O–H groups in total. The number of methoxy groups -OCH3 is 2. The van der Waals surface area contributed by atoms with E-state index < -0.39 is 0 Å². The van der Waals surface area contributed by atoms with Gasteiger partial charge in [0.2, 0.25) is 11.8 Å². The van der Waals surface area contributed by atoms with Gasteiger partial charge in [-0.25, -0.2) is 0 Å². The topological polar surface area (TPSA) is 67.9 Å². The van der Waals surface area contributed by atoms with Crippen molar-refractivity contribution in [3.05, 3.63) is 23.8 Å². The van der Waals surface area contributed by atoms with E-state index in [-0.39, 0.29) is 17.7 Å². The summed E-state index contributed by atoms with van der Waals surface area (Å²) in [4.78, 5) is 25.8. The van der Waals surface area contributed by atoms with Crippen molar-refractivity contribution in [2.24, 2.45) is 5.92 Å². The fourth-order valence-corrected chi connectivity index (χ4v) is 2.94. The number of nitrogens with one attached hydrogen (secondary N) is 1. The zero-order valence-corrected chi connectivity index (χ0v) is 14.6. The third kappa shape index (κ3) is 4.40. The fraction of sp³-hybridized carbons (Fsp3) is 0.556. The van der Waals surface area contributed by atoms with E-state index in [1.165, 1.54) is 0 Å². The fourth-order valence-electron chi connectivity index (χ4n) is 2.94. The SMILES string of the molecule is CCC(=O)N1CCC(C(=O)NCc2ccc(OC)c(OC)c2)CC1. The average Bonchev–Trinajstić information content (AvgIpc) is 2.65. The molecular weight excluding hydrogens is 308 g/mol. The number of carbonyl (C=O) groups is 2. The van der Waals surface area contributed by atoms with Gasteiger partial charge < -0.3 is 19.7 Å². The molecule has 1 heterocycles. The number of rotatable bonds is 6. The predicted molar refractivity (Wildman–Crippen MR) is 91.0 cm³/mol. The van der Waals surface area contributed by atoms with Crippen LogP contribution in [0.3, 0.4) is 0 Å². The standard InChI is InChI=1S/C18H26N2O4/c1-4-17(21)20-9-7-14(8-10-20)18(22)19-12-13-5-6-15(23-2)16(11-13)24-3/h5-6,11,14H,4,7-10,12H2,1-3H3,(H,19,22). The minimum absolute atomic E-state index is 0.0222. The molecule has 0 aromatic heterocycles. The first-order chi connectivity index (χ1) is 11.6. The van der Waals surface area contributed by atoms with E-state index in [1.54, 1.807) is 14.2 Å². The van der Waals surface area contributed by atoms with Crippen molar-refractivity contribution in [1.29, 1.82) is 0 Å². The smallest absolute Gasteiger partial charge is 0.223 e. The van der Waals surface area contributed by atoms with E-state index in [0.717, 1.165) is 18.4 Å². The highest BCUT2D eigenvalue weighted by Gasteiger charge is 2.26. The Kier molecular flexibility index (Phi) is 6.46. The second-order valence-corrected chi connectivity index (χ2v) is 5.92. The summed E-state index contributed by atoms with van der Waals surface area (Å²) in [7, 11) is 3.18. The van der Waals surface area contributed by atoms with Crippen molar-refractivity contribution >= 4 is 11.8 Å². The third-order valence-electron chi connectivity index (χ3n) is 4.44. The number of piperidine rings is 1. The molecule has 6 nitrogen and oxygen atoms in total. The summed E-state index contributed by atoms with van der Waals surface area (Å²) in [6.45, 7) is 3.65. The minimum atomic E-state index is -0.0222. The lowest BCUT2D eigenvalue weighted by Crippen LogP contribution is -2.42. The van der Waals surface area contributed by atoms with Crippen molar-refractivity contribution in [2.45, 2.75) is 32.7 Å². The van der Waals surface area contributed by atoms with Gasteiger partial charge >= 0.3 is 0 Å². The first-order valence-electron chi connectivity index (χ1n) is 8.35. The largest absolute Gasteiger partial charge is 0.493 e. The highest BCUT2D eigenvalue weighted by molar-refractivity contribution is 5.80. The van der Waals surface area contributed by atoms with Crippen LogP contribution in [-0.2, 0) is 16.1 Å². The van der Waals surface area contributed by atoms with E-state index in [1.807, 2.05) is 30.0 Å². The van der Waals surface area contributed by atoms with Gasteiger partial charge in [-0.05, 0) is 30.5 Å². The number of likely N-dealkylation sites (tertiary alicyclic amines) is 1. The quantitative estimate of drug-likeness (QED) is 0.864. The molecule has 1 aromatic rings. The maximum atomic E-state index is 12.3. The number of hydrogen-bond acceptors (Lipinski definition) is 4. The summed E-state index contributed by atoms with van der Waals surface area (Å²) in [5.74, 6) is 1.51. The molecule has 0 bridgehead atoms. The number of nitrogens with zero attached hydrogens (tertiary/aromatic N) is 1. The zero-order chi connectivity index (χ0) is 17.5. The number of carbonyl (C=O) groups excluding carboxylic acids is 2. The Bertz CT molecular complexity index is 580. The number of hydrogen-bond donors (Lipinski definition) is 1. The van der Waals surface area contributed by atoms with E-state index >= 15 is 0 Å². The van der Waals surface area contributed by atoms with Gasteiger partial charge in [-0.2, -0.15) is 0 Å². The molecule has 0 unspecified atom stereocenters. The maximum Gasteiger partial charge on any atom is 0.223 e. The molecule has 1 saturated heterocycles. The van der Waals surface area contributed by atoms with Crippen molar-refractivity contribution in [3.8, 4) is 11.5 Å². The maximum absolute atomic E-state index is 12.3. The van der Waals surface area contributed by atoms with E-state index in [0.29, 0.717) is 37.6 Å². The van der Waals surface area contributed by atoms with Crippen LogP contribution in [0.5, 0.6) is 11.5 Å². The Morgan fingerprint density at radius 1 is 1.17 bits per heavy atom. The van der Waals surface area contributed by atoms with Crippen molar-refractivity contribution in [2.75, 3.05) is 27.3 Å². The molecule has 0 radical (unpaired) electrons. The summed E-state index contributed by atoms with van der Waals surface area (Å²) in [5, 5.41) is 2.98. The van der Waals surface area contributed by atoms with Gasteiger partial charge in [0.25, 0.3) is 0 Å². The molecule has 0 spiro atoms. The lowest BCUT2D eigenvalue weighted by atomic mass is 9.95. The van der Waals surface area contributed by atoms with Gasteiger partial charge in [-0.1, -0.05) is 13.0 Å². The van der Waals surface area contributed by atoms with Crippen LogP contribution >= 0.6 is 0 Å². The Morgan fingerprint density at radius 2 is 1.83 bits per heavy atom. The van der Waals surface area contributed by atoms with Crippen LogP contribution in [0, 0.1) is 5.92 Å². The van der Waals surface area contributed by atoms with Crippen LogP contribution in [0.25, 0.3) is 0 Å². The van der Waals surface area contributed by atoms with Gasteiger partial charge in [0.1, 0.15) is 0 Å². The molecular formula is C18H26N2O4. The molecule has 6 heteroatoms. The Balaban J connectivity index is 1.84. The van der Waals surface area contributed by atoms with Crippen molar-refractivity contribution in [3.63, 3.8) is 0 Å².